The molecule has 0 fully saturated rings. The first-order chi connectivity index (χ1) is 19.1. The van der Waals surface area contributed by atoms with Crippen LogP contribution in [0.15, 0.2) is 72.4 Å². The first-order valence-electron chi connectivity index (χ1n) is 11.2. The van der Waals surface area contributed by atoms with Gasteiger partial charge < -0.3 is 29.1 Å². The molecule has 0 aromatic heterocycles. The lowest BCUT2D eigenvalue weighted by molar-refractivity contribution is -0.138. The van der Waals surface area contributed by atoms with Crippen LogP contribution in [0.5, 0.6) is 0 Å². The Morgan fingerprint density at radius 1 is 0.902 bits per heavy atom. The highest BCUT2D eigenvalue weighted by molar-refractivity contribution is 7.53. The molecule has 41 heavy (non-hydrogen) atoms. The van der Waals surface area contributed by atoms with Crippen LogP contribution in [0.4, 0.5) is 22.8 Å². The van der Waals surface area contributed by atoms with Gasteiger partial charge in [-0.2, -0.15) is 13.2 Å². The van der Waals surface area contributed by atoms with Crippen LogP contribution in [-0.2, 0) is 41.6 Å². The Kier molecular flexibility index (Phi) is 14.1. The molecule has 0 aliphatic heterocycles. The van der Waals surface area contributed by atoms with E-state index in [0.717, 1.165) is 7.11 Å². The zero-order valence-electron chi connectivity index (χ0n) is 21.2. The van der Waals surface area contributed by atoms with E-state index in [0.29, 0.717) is 17.2 Å². The quantitative estimate of drug-likeness (QED) is 0.115. The van der Waals surface area contributed by atoms with Crippen molar-refractivity contribution in [1.29, 1.82) is 0 Å². The Bertz CT molecular complexity index is 1240. The van der Waals surface area contributed by atoms with Gasteiger partial charge in [0.05, 0.1) is 13.5 Å². The fraction of sp³-hybridized carbons (Fsp3) is 0.250. The lowest BCUT2D eigenvalue weighted by atomic mass is 10.2. The van der Waals surface area contributed by atoms with Crippen molar-refractivity contribution in [3.8, 4) is 0 Å². The number of carbonyl (C=O) groups excluding carboxylic acids is 3. The molecule has 0 bridgehead atoms. The average Bonchev–Trinajstić information content (AvgIpc) is 2.91. The SMILES string of the molecule is COC(=O)C(=CCC(F)(F)F)NC(=O)OCc1ccccc1.O=C(NC(C(=O)O)P(=O)(O)O)OCc1ccccc1. The fourth-order valence-corrected chi connectivity index (χ4v) is 3.11. The topological polar surface area (TPSA) is 198 Å². The van der Waals surface area contributed by atoms with E-state index in [-0.39, 0.29) is 13.2 Å². The first kappa shape index (κ1) is 34.6. The largest absolute Gasteiger partial charge is 0.479 e. The molecule has 0 saturated carbocycles. The van der Waals surface area contributed by atoms with Gasteiger partial charge in [-0.15, -0.1) is 0 Å². The summed E-state index contributed by atoms with van der Waals surface area (Å²) in [7, 11) is -4.01. The van der Waals surface area contributed by atoms with Gasteiger partial charge >= 0.3 is 37.9 Å². The number of halogens is 3. The summed E-state index contributed by atoms with van der Waals surface area (Å²) in [6.45, 7) is -0.222. The Labute approximate surface area is 231 Å². The molecule has 5 N–H and O–H groups in total. The van der Waals surface area contributed by atoms with Gasteiger partial charge in [0.25, 0.3) is 0 Å². The van der Waals surface area contributed by atoms with Gasteiger partial charge in [-0.3, -0.25) is 15.2 Å². The van der Waals surface area contributed by atoms with Crippen LogP contribution in [0.2, 0.25) is 0 Å². The van der Waals surface area contributed by atoms with Crippen LogP contribution in [-0.4, -0.2) is 58.1 Å². The van der Waals surface area contributed by atoms with Crippen molar-refractivity contribution in [2.45, 2.75) is 31.6 Å². The molecule has 2 rings (SSSR count). The van der Waals surface area contributed by atoms with E-state index in [4.69, 9.17) is 19.6 Å². The van der Waals surface area contributed by atoms with Crippen molar-refractivity contribution in [3.05, 3.63) is 83.6 Å². The number of carboxylic acids is 1. The maximum absolute atomic E-state index is 12.1. The molecule has 0 aliphatic carbocycles. The second-order valence-corrected chi connectivity index (χ2v) is 9.35. The Morgan fingerprint density at radius 2 is 1.37 bits per heavy atom. The highest BCUT2D eigenvalue weighted by Gasteiger charge is 2.37. The predicted molar refractivity (Wildman–Crippen MR) is 134 cm³/mol. The molecule has 13 nitrogen and oxygen atoms in total. The molecule has 17 heteroatoms. The zero-order chi connectivity index (χ0) is 31.1. The summed E-state index contributed by atoms with van der Waals surface area (Å²) in [4.78, 5) is 62.1. The average molecular weight is 606 g/mol. The van der Waals surface area contributed by atoms with E-state index >= 15 is 0 Å². The molecule has 0 aliphatic rings. The molecule has 2 aromatic carbocycles. The molecule has 1 atom stereocenters. The minimum atomic E-state index is -4.99. The number of carbonyl (C=O) groups is 4. The van der Waals surface area contributed by atoms with Gasteiger partial charge in [0, 0.05) is 0 Å². The highest BCUT2D eigenvalue weighted by Crippen LogP contribution is 2.39. The molecule has 2 aromatic rings. The third-order valence-corrected chi connectivity index (χ3v) is 5.45. The van der Waals surface area contributed by atoms with Crippen LogP contribution in [0.25, 0.3) is 0 Å². The number of esters is 1. The maximum Gasteiger partial charge on any atom is 0.412 e. The Morgan fingerprint density at radius 3 is 1.76 bits per heavy atom. The van der Waals surface area contributed by atoms with E-state index in [9.17, 15) is 36.9 Å². The smallest absolute Gasteiger partial charge is 0.412 e. The zero-order valence-corrected chi connectivity index (χ0v) is 22.1. The molecular weight excluding hydrogens is 580 g/mol. The number of alkyl halides is 3. The minimum Gasteiger partial charge on any atom is -0.479 e. The fourth-order valence-electron chi connectivity index (χ4n) is 2.55. The number of alkyl carbamates (subject to hydrolysis) is 2. The Balaban J connectivity index is 0.000000414. The monoisotopic (exact) mass is 606 g/mol. The number of nitrogens with one attached hydrogen (secondary N) is 2. The normalized spacial score (nSPS) is 12.1. The number of rotatable bonds is 10. The van der Waals surface area contributed by atoms with Crippen molar-refractivity contribution < 1.29 is 66.0 Å². The number of ether oxygens (including phenoxy) is 3. The number of carboxylic acid groups (broad SMARTS) is 1. The van der Waals surface area contributed by atoms with Crippen LogP contribution in [0, 0.1) is 0 Å². The molecular formula is C24H26F3N2O11P. The predicted octanol–water partition coefficient (Wildman–Crippen LogP) is 3.42. The van der Waals surface area contributed by atoms with Crippen molar-refractivity contribution in [3.63, 3.8) is 0 Å². The molecule has 0 radical (unpaired) electrons. The molecule has 224 valence electrons. The summed E-state index contributed by atoms with van der Waals surface area (Å²) in [6, 6.07) is 17.2. The van der Waals surface area contributed by atoms with E-state index in [1.165, 1.54) is 0 Å². The number of methoxy groups -OCH3 is 1. The van der Waals surface area contributed by atoms with Crippen LogP contribution >= 0.6 is 7.60 Å². The second kappa shape index (κ2) is 16.6. The second-order valence-electron chi connectivity index (χ2n) is 7.65. The highest BCUT2D eigenvalue weighted by atomic mass is 31.2. The molecule has 1 unspecified atom stereocenters. The molecule has 0 saturated heterocycles. The van der Waals surface area contributed by atoms with Gasteiger partial charge in [0.2, 0.25) is 5.78 Å². The standard InChI is InChI=1S/C14H14F3NO4.C10H12NO7P/c1-21-12(19)11(7-8-14(15,16)17)18-13(20)22-9-10-5-3-2-4-6-10;12-9(13)8(19(15,16)17)11-10(14)18-6-7-4-2-1-3-5-7/h2-7H,8-9H2,1H3,(H,18,20);1-5,8H,6H2,(H,11,14)(H,12,13)(H2,15,16,17). The Hall–Kier alpha value is -4.40. The van der Waals surface area contributed by atoms with Crippen molar-refractivity contribution in [2.75, 3.05) is 7.11 Å². The van der Waals surface area contributed by atoms with E-state index < -0.39 is 55.8 Å². The van der Waals surface area contributed by atoms with Gasteiger partial charge in [-0.1, -0.05) is 60.7 Å². The summed E-state index contributed by atoms with van der Waals surface area (Å²) >= 11 is 0. The van der Waals surface area contributed by atoms with Crippen molar-refractivity contribution in [2.24, 2.45) is 0 Å². The molecule has 2 amide bonds. The maximum atomic E-state index is 12.1. The molecule has 0 spiro atoms. The number of benzene rings is 2. The van der Waals surface area contributed by atoms with E-state index in [1.807, 2.05) is 5.32 Å². The summed E-state index contributed by atoms with van der Waals surface area (Å²) in [5.74, 6) is -5.26. The van der Waals surface area contributed by atoms with Crippen LogP contribution in [0.3, 0.4) is 0 Å². The summed E-state index contributed by atoms with van der Waals surface area (Å²) in [5.41, 5.74) is 0.718. The number of amides is 2. The molecule has 0 heterocycles. The van der Waals surface area contributed by atoms with Crippen LogP contribution < -0.4 is 10.6 Å². The van der Waals surface area contributed by atoms with E-state index in [2.05, 4.69) is 9.47 Å². The van der Waals surface area contributed by atoms with Gasteiger partial charge in [0.15, 0.2) is 0 Å². The lowest BCUT2D eigenvalue weighted by Crippen LogP contribution is -2.40. The van der Waals surface area contributed by atoms with E-state index in [1.54, 1.807) is 66.0 Å². The third kappa shape index (κ3) is 15.1. The van der Waals surface area contributed by atoms with Crippen LogP contribution in [0.1, 0.15) is 17.5 Å². The number of hydrogen-bond acceptors (Lipinski definition) is 8. The van der Waals surface area contributed by atoms with Crippen molar-refractivity contribution >= 4 is 31.7 Å². The van der Waals surface area contributed by atoms with Gasteiger partial charge in [-0.05, 0) is 17.2 Å². The van der Waals surface area contributed by atoms with Gasteiger partial charge in [-0.25, -0.2) is 19.2 Å². The minimum absolute atomic E-state index is 0.0829. The summed E-state index contributed by atoms with van der Waals surface area (Å²) < 4.78 is 61.0. The van der Waals surface area contributed by atoms with Gasteiger partial charge in [0.1, 0.15) is 18.9 Å². The third-order valence-electron chi connectivity index (χ3n) is 4.43. The number of allylic oxidation sites excluding steroid dienone is 1. The first-order valence-corrected chi connectivity index (χ1v) is 12.9. The van der Waals surface area contributed by atoms with Crippen molar-refractivity contribution in [1.82, 2.24) is 10.6 Å². The number of hydrogen-bond donors (Lipinski definition) is 5. The summed E-state index contributed by atoms with van der Waals surface area (Å²) in [5, 5.41) is 12.1. The summed E-state index contributed by atoms with van der Waals surface area (Å²) in [6.07, 6.45) is -7.64. The lowest BCUT2D eigenvalue weighted by Gasteiger charge is -2.15. The number of aliphatic carboxylic acids is 1.